The van der Waals surface area contributed by atoms with Crippen LogP contribution in [0.25, 0.3) is 0 Å². The lowest BCUT2D eigenvalue weighted by Crippen LogP contribution is -2.63. The normalized spacial score (nSPS) is 30.7. The van der Waals surface area contributed by atoms with E-state index in [2.05, 4.69) is 35.2 Å². The Labute approximate surface area is 151 Å². The summed E-state index contributed by atoms with van der Waals surface area (Å²) < 4.78 is 23.4. The molecule has 4 rings (SSSR count). The van der Waals surface area contributed by atoms with Gasteiger partial charge in [0, 0.05) is 24.5 Å². The molecule has 0 amide bonds. The van der Waals surface area contributed by atoms with E-state index in [1.807, 2.05) is 0 Å². The van der Waals surface area contributed by atoms with Crippen molar-refractivity contribution in [2.24, 2.45) is 5.41 Å². The average molecular weight is 364 g/mol. The molecule has 5 heteroatoms. The first-order chi connectivity index (χ1) is 11.9. The second kappa shape index (κ2) is 6.36. The summed E-state index contributed by atoms with van der Waals surface area (Å²) in [4.78, 5) is 2.42. The zero-order valence-electron chi connectivity index (χ0n) is 14.9. The SMILES string of the molecule is O=S1(=O)CCC(O)(CN2CC3(CCCCC3)C2c2ccccc2)CC1. The molecule has 1 aliphatic carbocycles. The molecular weight excluding hydrogens is 334 g/mol. The van der Waals surface area contributed by atoms with E-state index in [0.29, 0.717) is 30.8 Å². The molecule has 3 aliphatic rings. The molecule has 138 valence electrons. The predicted molar refractivity (Wildman–Crippen MR) is 99.1 cm³/mol. The third-order valence-electron chi connectivity index (χ3n) is 6.68. The molecule has 25 heavy (non-hydrogen) atoms. The zero-order valence-corrected chi connectivity index (χ0v) is 15.7. The Kier molecular flexibility index (Phi) is 4.45. The Morgan fingerprint density at radius 2 is 1.64 bits per heavy atom. The van der Waals surface area contributed by atoms with Gasteiger partial charge in [-0.2, -0.15) is 0 Å². The van der Waals surface area contributed by atoms with Gasteiger partial charge in [-0.3, -0.25) is 4.90 Å². The van der Waals surface area contributed by atoms with E-state index in [1.165, 1.54) is 37.7 Å². The van der Waals surface area contributed by atoms with Crippen molar-refractivity contribution in [2.45, 2.75) is 56.6 Å². The van der Waals surface area contributed by atoms with Gasteiger partial charge in [0.25, 0.3) is 0 Å². The largest absolute Gasteiger partial charge is 0.388 e. The van der Waals surface area contributed by atoms with Gasteiger partial charge in [0.05, 0.1) is 17.1 Å². The number of hydrogen-bond acceptors (Lipinski definition) is 4. The minimum atomic E-state index is -2.95. The van der Waals surface area contributed by atoms with Crippen LogP contribution in [-0.4, -0.2) is 48.6 Å². The van der Waals surface area contributed by atoms with E-state index < -0.39 is 15.4 Å². The van der Waals surface area contributed by atoms with Gasteiger partial charge in [-0.05, 0) is 31.2 Å². The molecule has 1 aromatic carbocycles. The summed E-state index contributed by atoms with van der Waals surface area (Å²) in [7, 11) is -2.95. The lowest BCUT2D eigenvalue weighted by molar-refractivity contribution is -0.137. The van der Waals surface area contributed by atoms with Crippen LogP contribution in [-0.2, 0) is 9.84 Å². The van der Waals surface area contributed by atoms with Gasteiger partial charge in [0.1, 0.15) is 0 Å². The molecule has 2 aliphatic heterocycles. The minimum Gasteiger partial charge on any atom is -0.388 e. The van der Waals surface area contributed by atoms with Gasteiger partial charge in [-0.15, -0.1) is 0 Å². The predicted octanol–water partition coefficient (Wildman–Crippen LogP) is 2.93. The van der Waals surface area contributed by atoms with Gasteiger partial charge in [0.2, 0.25) is 0 Å². The number of rotatable bonds is 3. The van der Waals surface area contributed by atoms with Crippen molar-refractivity contribution in [1.29, 1.82) is 0 Å². The summed E-state index contributed by atoms with van der Waals surface area (Å²) in [5.41, 5.74) is 0.855. The minimum absolute atomic E-state index is 0.123. The highest BCUT2D eigenvalue weighted by molar-refractivity contribution is 7.91. The molecule has 1 aromatic rings. The topological polar surface area (TPSA) is 57.6 Å². The fourth-order valence-electron chi connectivity index (χ4n) is 5.35. The van der Waals surface area contributed by atoms with Gasteiger partial charge in [-0.25, -0.2) is 8.42 Å². The van der Waals surface area contributed by atoms with Crippen LogP contribution in [0.1, 0.15) is 56.6 Å². The molecule has 3 fully saturated rings. The summed E-state index contributed by atoms with van der Waals surface area (Å²) in [6.07, 6.45) is 7.25. The number of benzene rings is 1. The maximum atomic E-state index is 11.7. The van der Waals surface area contributed by atoms with Crippen LogP contribution >= 0.6 is 0 Å². The first-order valence-corrected chi connectivity index (χ1v) is 11.5. The van der Waals surface area contributed by atoms with Crippen molar-refractivity contribution in [3.8, 4) is 0 Å². The Morgan fingerprint density at radius 3 is 2.28 bits per heavy atom. The van der Waals surface area contributed by atoms with Crippen LogP contribution in [0.3, 0.4) is 0 Å². The Hall–Kier alpha value is -0.910. The Balaban J connectivity index is 1.53. The van der Waals surface area contributed by atoms with E-state index in [0.717, 1.165) is 6.54 Å². The average Bonchev–Trinajstić information content (AvgIpc) is 2.59. The van der Waals surface area contributed by atoms with Crippen molar-refractivity contribution in [1.82, 2.24) is 4.90 Å². The van der Waals surface area contributed by atoms with Crippen LogP contribution in [0, 0.1) is 5.41 Å². The molecular formula is C20H29NO3S. The quantitative estimate of drug-likeness (QED) is 0.897. The monoisotopic (exact) mass is 363 g/mol. The molecule has 2 heterocycles. The fourth-order valence-corrected chi connectivity index (χ4v) is 6.93. The van der Waals surface area contributed by atoms with Gasteiger partial charge >= 0.3 is 0 Å². The molecule has 1 unspecified atom stereocenters. The zero-order chi connectivity index (χ0) is 17.5. The molecule has 1 saturated carbocycles. The highest BCUT2D eigenvalue weighted by Crippen LogP contribution is 2.57. The summed E-state index contributed by atoms with van der Waals surface area (Å²) in [5, 5.41) is 11.0. The number of hydrogen-bond donors (Lipinski definition) is 1. The van der Waals surface area contributed by atoms with Crippen molar-refractivity contribution in [3.05, 3.63) is 35.9 Å². The molecule has 1 atom stereocenters. The second-order valence-electron chi connectivity index (χ2n) is 8.52. The summed E-state index contributed by atoms with van der Waals surface area (Å²) in [5.74, 6) is 0.247. The first kappa shape index (κ1) is 17.5. The molecule has 1 N–H and O–H groups in total. The highest BCUT2D eigenvalue weighted by atomic mass is 32.2. The summed E-state index contributed by atoms with van der Waals surface area (Å²) >= 11 is 0. The molecule has 0 bridgehead atoms. The summed E-state index contributed by atoms with van der Waals surface area (Å²) in [6.45, 7) is 1.64. The van der Waals surface area contributed by atoms with Gasteiger partial charge in [-0.1, -0.05) is 49.6 Å². The number of likely N-dealkylation sites (tertiary alicyclic amines) is 1. The fraction of sp³-hybridized carbons (Fsp3) is 0.700. The van der Waals surface area contributed by atoms with Crippen molar-refractivity contribution >= 4 is 9.84 Å². The van der Waals surface area contributed by atoms with Crippen molar-refractivity contribution < 1.29 is 13.5 Å². The van der Waals surface area contributed by atoms with E-state index in [4.69, 9.17) is 0 Å². The van der Waals surface area contributed by atoms with E-state index >= 15 is 0 Å². The van der Waals surface area contributed by atoms with Crippen LogP contribution in [0.5, 0.6) is 0 Å². The molecule has 2 saturated heterocycles. The highest BCUT2D eigenvalue weighted by Gasteiger charge is 2.54. The molecule has 0 radical (unpaired) electrons. The van der Waals surface area contributed by atoms with Crippen LogP contribution in [0.2, 0.25) is 0 Å². The first-order valence-electron chi connectivity index (χ1n) is 9.63. The maximum Gasteiger partial charge on any atom is 0.150 e. The van der Waals surface area contributed by atoms with Gasteiger partial charge < -0.3 is 5.11 Å². The van der Waals surface area contributed by atoms with E-state index in [-0.39, 0.29) is 11.5 Å². The third-order valence-corrected chi connectivity index (χ3v) is 8.33. The van der Waals surface area contributed by atoms with Crippen LogP contribution in [0.15, 0.2) is 30.3 Å². The lowest BCUT2D eigenvalue weighted by Gasteiger charge is -2.61. The molecule has 1 spiro atoms. The lowest BCUT2D eigenvalue weighted by atomic mass is 9.60. The number of aliphatic hydroxyl groups is 1. The van der Waals surface area contributed by atoms with E-state index in [9.17, 15) is 13.5 Å². The second-order valence-corrected chi connectivity index (χ2v) is 10.8. The Morgan fingerprint density at radius 1 is 1.00 bits per heavy atom. The standard InChI is InChI=1S/C20H29NO3S/c22-20(11-13-25(23,24)14-12-20)16-21-15-19(9-5-2-6-10-19)18(21)17-7-3-1-4-8-17/h1,3-4,7-8,18,22H,2,5-6,9-16H2. The summed E-state index contributed by atoms with van der Waals surface area (Å²) in [6, 6.07) is 11.1. The van der Waals surface area contributed by atoms with Crippen molar-refractivity contribution in [2.75, 3.05) is 24.6 Å². The van der Waals surface area contributed by atoms with Gasteiger partial charge in [0.15, 0.2) is 9.84 Å². The smallest absolute Gasteiger partial charge is 0.150 e. The van der Waals surface area contributed by atoms with Crippen LogP contribution < -0.4 is 0 Å². The third kappa shape index (κ3) is 3.38. The number of nitrogens with zero attached hydrogens (tertiary/aromatic N) is 1. The number of sulfone groups is 1. The molecule has 4 nitrogen and oxygen atoms in total. The van der Waals surface area contributed by atoms with Crippen molar-refractivity contribution in [3.63, 3.8) is 0 Å². The molecule has 0 aromatic heterocycles. The Bertz CT molecular complexity index is 696. The van der Waals surface area contributed by atoms with Crippen LogP contribution in [0.4, 0.5) is 0 Å². The van der Waals surface area contributed by atoms with E-state index in [1.54, 1.807) is 0 Å². The maximum absolute atomic E-state index is 11.7. The number of β-amino-alcohol motifs (C(OH)–C–C–N with tert-alkyl or cyclic N) is 1.